The molecule has 5 heteroatoms. The van der Waals surface area contributed by atoms with Crippen LogP contribution in [-0.4, -0.2) is 43.0 Å². The molecule has 1 heterocycles. The summed E-state index contributed by atoms with van der Waals surface area (Å²) < 4.78 is 5.13. The van der Waals surface area contributed by atoms with Crippen LogP contribution in [-0.2, 0) is 16.0 Å². The molecule has 2 amide bonds. The summed E-state index contributed by atoms with van der Waals surface area (Å²) in [6.45, 7) is 3.28. The summed E-state index contributed by atoms with van der Waals surface area (Å²) in [6, 6.07) is 17.4. The minimum atomic E-state index is -0.533. The van der Waals surface area contributed by atoms with E-state index >= 15 is 0 Å². The molecule has 1 fully saturated rings. The topological polar surface area (TPSA) is 58.6 Å². The van der Waals surface area contributed by atoms with Gasteiger partial charge in [0, 0.05) is 19.2 Å². The Labute approximate surface area is 185 Å². The second-order valence-corrected chi connectivity index (χ2v) is 8.13. The van der Waals surface area contributed by atoms with E-state index < -0.39 is 6.04 Å². The molecule has 0 aromatic heterocycles. The van der Waals surface area contributed by atoms with E-state index in [4.69, 9.17) is 4.74 Å². The lowest BCUT2D eigenvalue weighted by Gasteiger charge is -2.33. The summed E-state index contributed by atoms with van der Waals surface area (Å²) in [5, 5.41) is 2.79. The molecular formula is C26H32N2O3. The Bertz CT molecular complexity index is 869. The SMILES string of the molecule is COc1ccc(/C=C/C(=O)NC(C)C(=O)N2CCC(CCc3ccccc3)CC2)cc1. The zero-order valence-corrected chi connectivity index (χ0v) is 18.4. The smallest absolute Gasteiger partial charge is 0.244 e. The summed E-state index contributed by atoms with van der Waals surface area (Å²) in [7, 11) is 1.61. The molecule has 1 unspecified atom stereocenters. The van der Waals surface area contributed by atoms with Crippen molar-refractivity contribution in [1.29, 1.82) is 0 Å². The number of methoxy groups -OCH3 is 1. The molecule has 0 spiro atoms. The van der Waals surface area contributed by atoms with E-state index in [1.165, 1.54) is 11.6 Å². The molecule has 1 saturated heterocycles. The number of amides is 2. The van der Waals surface area contributed by atoms with Gasteiger partial charge in [0.25, 0.3) is 0 Å². The van der Waals surface area contributed by atoms with Gasteiger partial charge in [0.05, 0.1) is 7.11 Å². The van der Waals surface area contributed by atoms with Crippen molar-refractivity contribution in [1.82, 2.24) is 10.2 Å². The average molecular weight is 421 g/mol. The van der Waals surface area contributed by atoms with Crippen molar-refractivity contribution >= 4 is 17.9 Å². The Hall–Kier alpha value is -3.08. The number of benzene rings is 2. The molecule has 3 rings (SSSR count). The van der Waals surface area contributed by atoms with E-state index in [1.54, 1.807) is 20.1 Å². The molecule has 1 aliphatic heterocycles. The molecule has 0 radical (unpaired) electrons. The van der Waals surface area contributed by atoms with Crippen LogP contribution in [0.2, 0.25) is 0 Å². The van der Waals surface area contributed by atoms with E-state index in [0.717, 1.165) is 50.1 Å². The maximum Gasteiger partial charge on any atom is 0.244 e. The van der Waals surface area contributed by atoms with Crippen LogP contribution in [0, 0.1) is 5.92 Å². The number of carbonyl (C=O) groups excluding carboxylic acids is 2. The van der Waals surface area contributed by atoms with Crippen LogP contribution < -0.4 is 10.1 Å². The van der Waals surface area contributed by atoms with E-state index in [2.05, 4.69) is 29.6 Å². The van der Waals surface area contributed by atoms with Gasteiger partial charge >= 0.3 is 0 Å². The Kier molecular flexibility index (Phi) is 8.27. The normalized spacial score (nSPS) is 15.6. The van der Waals surface area contributed by atoms with Crippen molar-refractivity contribution < 1.29 is 14.3 Å². The predicted molar refractivity (Wildman–Crippen MR) is 124 cm³/mol. The highest BCUT2D eigenvalue weighted by atomic mass is 16.5. The van der Waals surface area contributed by atoms with Gasteiger partial charge in [0.2, 0.25) is 11.8 Å². The first-order valence-electron chi connectivity index (χ1n) is 11.0. The fourth-order valence-corrected chi connectivity index (χ4v) is 3.94. The van der Waals surface area contributed by atoms with Crippen LogP contribution in [0.15, 0.2) is 60.7 Å². The summed E-state index contributed by atoms with van der Waals surface area (Å²) in [5.41, 5.74) is 2.27. The lowest BCUT2D eigenvalue weighted by Crippen LogP contribution is -2.49. The minimum Gasteiger partial charge on any atom is -0.497 e. The molecule has 164 valence electrons. The van der Waals surface area contributed by atoms with Gasteiger partial charge in [-0.3, -0.25) is 9.59 Å². The van der Waals surface area contributed by atoms with Crippen molar-refractivity contribution in [2.75, 3.05) is 20.2 Å². The second kappa shape index (κ2) is 11.3. The number of nitrogens with one attached hydrogen (secondary N) is 1. The van der Waals surface area contributed by atoms with E-state index in [-0.39, 0.29) is 11.8 Å². The van der Waals surface area contributed by atoms with Gasteiger partial charge in [-0.05, 0) is 67.9 Å². The molecule has 1 N–H and O–H groups in total. The van der Waals surface area contributed by atoms with Gasteiger partial charge in [-0.2, -0.15) is 0 Å². The Morgan fingerprint density at radius 2 is 1.77 bits per heavy atom. The van der Waals surface area contributed by atoms with Gasteiger partial charge in [0.15, 0.2) is 0 Å². The molecule has 0 bridgehead atoms. The molecule has 1 aliphatic rings. The first-order chi connectivity index (χ1) is 15.0. The molecular weight excluding hydrogens is 388 g/mol. The van der Waals surface area contributed by atoms with Gasteiger partial charge in [0.1, 0.15) is 11.8 Å². The van der Waals surface area contributed by atoms with Crippen molar-refractivity contribution in [3.63, 3.8) is 0 Å². The van der Waals surface area contributed by atoms with Crippen LogP contribution >= 0.6 is 0 Å². The monoisotopic (exact) mass is 420 g/mol. The number of hydrogen-bond donors (Lipinski definition) is 1. The van der Waals surface area contributed by atoms with Gasteiger partial charge < -0.3 is 15.0 Å². The highest BCUT2D eigenvalue weighted by molar-refractivity contribution is 5.95. The molecule has 1 atom stereocenters. The van der Waals surface area contributed by atoms with Crippen molar-refractivity contribution in [2.24, 2.45) is 5.92 Å². The number of ether oxygens (including phenoxy) is 1. The van der Waals surface area contributed by atoms with Crippen molar-refractivity contribution in [3.8, 4) is 5.75 Å². The van der Waals surface area contributed by atoms with Crippen LogP contribution in [0.4, 0.5) is 0 Å². The van der Waals surface area contributed by atoms with Gasteiger partial charge in [-0.15, -0.1) is 0 Å². The summed E-state index contributed by atoms with van der Waals surface area (Å²) in [5.74, 6) is 1.15. The third kappa shape index (κ3) is 6.99. The minimum absolute atomic E-state index is 0.00675. The van der Waals surface area contributed by atoms with E-state index in [9.17, 15) is 9.59 Å². The number of nitrogens with zero attached hydrogens (tertiary/aromatic N) is 1. The molecule has 2 aromatic carbocycles. The fraction of sp³-hybridized carbons (Fsp3) is 0.385. The Morgan fingerprint density at radius 3 is 2.42 bits per heavy atom. The molecule has 31 heavy (non-hydrogen) atoms. The van der Waals surface area contributed by atoms with E-state index in [0.29, 0.717) is 5.92 Å². The fourth-order valence-electron chi connectivity index (χ4n) is 3.94. The zero-order valence-electron chi connectivity index (χ0n) is 18.4. The quantitative estimate of drug-likeness (QED) is 0.655. The maximum atomic E-state index is 12.7. The molecule has 5 nitrogen and oxygen atoms in total. The van der Waals surface area contributed by atoms with Crippen LogP contribution in [0.25, 0.3) is 6.08 Å². The lowest BCUT2D eigenvalue weighted by molar-refractivity contribution is -0.136. The maximum absolute atomic E-state index is 12.7. The Morgan fingerprint density at radius 1 is 1.10 bits per heavy atom. The van der Waals surface area contributed by atoms with Gasteiger partial charge in [-0.1, -0.05) is 42.5 Å². The number of likely N-dealkylation sites (tertiary alicyclic amines) is 1. The van der Waals surface area contributed by atoms with Crippen LogP contribution in [0.3, 0.4) is 0 Å². The van der Waals surface area contributed by atoms with Crippen molar-refractivity contribution in [3.05, 3.63) is 71.8 Å². The summed E-state index contributed by atoms with van der Waals surface area (Å²) in [6.07, 6.45) is 7.49. The number of piperidine rings is 1. The van der Waals surface area contributed by atoms with E-state index in [1.807, 2.05) is 35.2 Å². The number of rotatable bonds is 8. The summed E-state index contributed by atoms with van der Waals surface area (Å²) in [4.78, 5) is 26.8. The highest BCUT2D eigenvalue weighted by Crippen LogP contribution is 2.23. The average Bonchev–Trinajstić information content (AvgIpc) is 2.82. The molecule has 0 aliphatic carbocycles. The zero-order chi connectivity index (χ0) is 22.1. The van der Waals surface area contributed by atoms with Crippen LogP contribution in [0.1, 0.15) is 37.3 Å². The third-order valence-electron chi connectivity index (χ3n) is 5.88. The van der Waals surface area contributed by atoms with Gasteiger partial charge in [-0.25, -0.2) is 0 Å². The standard InChI is InChI=1S/C26H32N2O3/c1-20(27-25(29)15-12-22-10-13-24(31-2)14-11-22)26(30)28-18-16-23(17-19-28)9-8-21-6-4-3-5-7-21/h3-7,10-15,20,23H,8-9,16-19H2,1-2H3,(H,27,29)/b15-12+. The third-order valence-corrected chi connectivity index (χ3v) is 5.88. The highest BCUT2D eigenvalue weighted by Gasteiger charge is 2.26. The number of hydrogen-bond acceptors (Lipinski definition) is 3. The largest absolute Gasteiger partial charge is 0.497 e. The number of carbonyl (C=O) groups is 2. The lowest BCUT2D eigenvalue weighted by atomic mass is 9.90. The number of aryl methyl sites for hydroxylation is 1. The summed E-state index contributed by atoms with van der Waals surface area (Å²) >= 11 is 0. The van der Waals surface area contributed by atoms with Crippen molar-refractivity contribution in [2.45, 2.75) is 38.6 Å². The second-order valence-electron chi connectivity index (χ2n) is 8.13. The first-order valence-corrected chi connectivity index (χ1v) is 11.0. The Balaban J connectivity index is 1.40. The van der Waals surface area contributed by atoms with Crippen LogP contribution in [0.5, 0.6) is 5.75 Å². The molecule has 2 aromatic rings. The molecule has 0 saturated carbocycles. The predicted octanol–water partition coefficient (Wildman–Crippen LogP) is 4.08. The first kappa shape index (κ1) is 22.6.